The van der Waals surface area contributed by atoms with Crippen LogP contribution in [0.2, 0.25) is 0 Å². The van der Waals surface area contributed by atoms with Crippen molar-refractivity contribution in [3.63, 3.8) is 0 Å². The van der Waals surface area contributed by atoms with Crippen LogP contribution in [0.25, 0.3) is 0 Å². The van der Waals surface area contributed by atoms with Crippen molar-refractivity contribution in [3.05, 3.63) is 35.4 Å². The SMILES string of the molecule is CCNC(CSC1CCCC1)Cc1ccc(C)cc1. The highest BCUT2D eigenvalue weighted by molar-refractivity contribution is 7.99. The summed E-state index contributed by atoms with van der Waals surface area (Å²) in [5.41, 5.74) is 2.81. The second-order valence-electron chi connectivity index (χ2n) is 5.68. The molecule has 0 aliphatic heterocycles. The van der Waals surface area contributed by atoms with Crippen LogP contribution >= 0.6 is 11.8 Å². The van der Waals surface area contributed by atoms with Crippen LogP contribution in [-0.4, -0.2) is 23.6 Å². The Bertz CT molecular complexity index is 354. The van der Waals surface area contributed by atoms with Crippen LogP contribution in [0.4, 0.5) is 0 Å². The monoisotopic (exact) mass is 277 g/mol. The van der Waals surface area contributed by atoms with Crippen molar-refractivity contribution in [1.29, 1.82) is 0 Å². The van der Waals surface area contributed by atoms with Gasteiger partial charge in [-0.1, -0.05) is 49.6 Å². The lowest BCUT2D eigenvalue weighted by atomic mass is 10.1. The maximum atomic E-state index is 3.65. The highest BCUT2D eigenvalue weighted by Crippen LogP contribution is 2.30. The van der Waals surface area contributed by atoms with E-state index in [0.29, 0.717) is 6.04 Å². The summed E-state index contributed by atoms with van der Waals surface area (Å²) in [6.45, 7) is 5.44. The van der Waals surface area contributed by atoms with E-state index in [1.807, 2.05) is 0 Å². The molecule has 1 aromatic rings. The molecule has 1 N–H and O–H groups in total. The van der Waals surface area contributed by atoms with E-state index >= 15 is 0 Å². The molecule has 2 rings (SSSR count). The molecule has 19 heavy (non-hydrogen) atoms. The molecule has 106 valence electrons. The van der Waals surface area contributed by atoms with Gasteiger partial charge in [-0.3, -0.25) is 0 Å². The minimum absolute atomic E-state index is 0.623. The Kier molecular flexibility index (Phi) is 6.25. The molecule has 0 saturated heterocycles. The normalized spacial score (nSPS) is 17.8. The number of thioether (sulfide) groups is 1. The lowest BCUT2D eigenvalue weighted by Crippen LogP contribution is -2.33. The zero-order valence-corrected chi connectivity index (χ0v) is 13.1. The number of rotatable bonds is 7. The van der Waals surface area contributed by atoms with E-state index < -0.39 is 0 Å². The van der Waals surface area contributed by atoms with E-state index in [2.05, 4.69) is 55.2 Å². The maximum Gasteiger partial charge on any atom is 0.0198 e. The predicted octanol–water partition coefficient (Wildman–Crippen LogP) is 4.19. The summed E-state index contributed by atoms with van der Waals surface area (Å²) in [7, 11) is 0. The average Bonchev–Trinajstić information content (AvgIpc) is 2.92. The highest BCUT2D eigenvalue weighted by atomic mass is 32.2. The molecular weight excluding hydrogens is 250 g/mol. The van der Waals surface area contributed by atoms with E-state index in [-0.39, 0.29) is 0 Å². The molecular formula is C17H27NS. The molecule has 1 nitrogen and oxygen atoms in total. The molecule has 1 aromatic carbocycles. The molecule has 1 fully saturated rings. The van der Waals surface area contributed by atoms with Gasteiger partial charge in [-0.05, 0) is 38.3 Å². The van der Waals surface area contributed by atoms with Crippen molar-refractivity contribution >= 4 is 11.8 Å². The van der Waals surface area contributed by atoms with Crippen LogP contribution in [0.3, 0.4) is 0 Å². The summed E-state index contributed by atoms with van der Waals surface area (Å²) in [4.78, 5) is 0. The van der Waals surface area contributed by atoms with Crippen LogP contribution in [-0.2, 0) is 6.42 Å². The third-order valence-corrected chi connectivity index (χ3v) is 5.47. The molecule has 0 amide bonds. The molecule has 0 spiro atoms. The third kappa shape index (κ3) is 5.19. The number of hydrogen-bond acceptors (Lipinski definition) is 2. The fraction of sp³-hybridized carbons (Fsp3) is 0.647. The summed E-state index contributed by atoms with van der Waals surface area (Å²) in [5, 5.41) is 4.58. The van der Waals surface area contributed by atoms with E-state index in [1.165, 1.54) is 42.6 Å². The summed E-state index contributed by atoms with van der Waals surface area (Å²) >= 11 is 2.19. The fourth-order valence-electron chi connectivity index (χ4n) is 2.79. The van der Waals surface area contributed by atoms with Gasteiger partial charge in [0.15, 0.2) is 0 Å². The Morgan fingerprint density at radius 1 is 1.21 bits per heavy atom. The van der Waals surface area contributed by atoms with E-state index in [1.54, 1.807) is 0 Å². The predicted molar refractivity (Wildman–Crippen MR) is 87.1 cm³/mol. The summed E-state index contributed by atoms with van der Waals surface area (Å²) < 4.78 is 0. The Labute approximate surface area is 122 Å². The van der Waals surface area contributed by atoms with Gasteiger partial charge >= 0.3 is 0 Å². The fourth-order valence-corrected chi connectivity index (χ4v) is 4.20. The van der Waals surface area contributed by atoms with E-state index in [9.17, 15) is 0 Å². The smallest absolute Gasteiger partial charge is 0.0198 e. The second-order valence-corrected chi connectivity index (χ2v) is 7.02. The van der Waals surface area contributed by atoms with Gasteiger partial charge in [-0.2, -0.15) is 11.8 Å². The number of likely N-dealkylation sites (N-methyl/N-ethyl adjacent to an activating group) is 1. The first kappa shape index (κ1) is 14.9. The van der Waals surface area contributed by atoms with Crippen molar-refractivity contribution < 1.29 is 0 Å². The van der Waals surface area contributed by atoms with Gasteiger partial charge in [0.1, 0.15) is 0 Å². The largest absolute Gasteiger partial charge is 0.313 e. The van der Waals surface area contributed by atoms with Gasteiger partial charge in [0.25, 0.3) is 0 Å². The van der Waals surface area contributed by atoms with Gasteiger partial charge < -0.3 is 5.32 Å². The van der Waals surface area contributed by atoms with Crippen LogP contribution < -0.4 is 5.32 Å². The molecule has 1 atom stereocenters. The zero-order chi connectivity index (χ0) is 13.5. The van der Waals surface area contributed by atoms with Crippen molar-refractivity contribution in [2.45, 2.75) is 57.2 Å². The zero-order valence-electron chi connectivity index (χ0n) is 12.3. The van der Waals surface area contributed by atoms with E-state index in [4.69, 9.17) is 0 Å². The standard InChI is InChI=1S/C17H27NS/c1-3-18-16(13-19-17-6-4-5-7-17)12-15-10-8-14(2)9-11-15/h8-11,16-18H,3-7,12-13H2,1-2H3. The molecule has 0 radical (unpaired) electrons. The minimum atomic E-state index is 0.623. The molecule has 1 saturated carbocycles. The average molecular weight is 277 g/mol. The lowest BCUT2D eigenvalue weighted by molar-refractivity contribution is 0.571. The number of nitrogens with one attached hydrogen (secondary N) is 1. The quantitative estimate of drug-likeness (QED) is 0.802. The highest BCUT2D eigenvalue weighted by Gasteiger charge is 2.17. The first-order valence-electron chi connectivity index (χ1n) is 7.68. The van der Waals surface area contributed by atoms with Crippen molar-refractivity contribution in [2.75, 3.05) is 12.3 Å². The molecule has 1 aliphatic rings. The van der Waals surface area contributed by atoms with Crippen LogP contribution in [0, 0.1) is 6.92 Å². The summed E-state index contributed by atoms with van der Waals surface area (Å²) in [6.07, 6.45) is 6.93. The lowest BCUT2D eigenvalue weighted by Gasteiger charge is -2.20. The van der Waals surface area contributed by atoms with Gasteiger partial charge in [0.2, 0.25) is 0 Å². The Morgan fingerprint density at radius 2 is 1.89 bits per heavy atom. The van der Waals surface area contributed by atoms with Gasteiger partial charge in [-0.25, -0.2) is 0 Å². The topological polar surface area (TPSA) is 12.0 Å². The number of aryl methyl sites for hydroxylation is 1. The second kappa shape index (κ2) is 7.96. The Morgan fingerprint density at radius 3 is 2.53 bits per heavy atom. The molecule has 0 heterocycles. The maximum absolute atomic E-state index is 3.65. The van der Waals surface area contributed by atoms with Crippen molar-refractivity contribution in [1.82, 2.24) is 5.32 Å². The first-order valence-corrected chi connectivity index (χ1v) is 8.73. The molecule has 0 aromatic heterocycles. The van der Waals surface area contributed by atoms with Crippen molar-refractivity contribution in [3.8, 4) is 0 Å². The minimum Gasteiger partial charge on any atom is -0.313 e. The van der Waals surface area contributed by atoms with Gasteiger partial charge in [-0.15, -0.1) is 0 Å². The Hall–Kier alpha value is -0.470. The summed E-state index contributed by atoms with van der Waals surface area (Å²) in [5.74, 6) is 1.26. The van der Waals surface area contributed by atoms with Gasteiger partial charge in [0.05, 0.1) is 0 Å². The van der Waals surface area contributed by atoms with Crippen LogP contribution in [0.1, 0.15) is 43.7 Å². The summed E-state index contributed by atoms with van der Waals surface area (Å²) in [6, 6.07) is 9.63. The van der Waals surface area contributed by atoms with Crippen molar-refractivity contribution in [2.24, 2.45) is 0 Å². The van der Waals surface area contributed by atoms with E-state index in [0.717, 1.165) is 18.2 Å². The molecule has 0 bridgehead atoms. The molecule has 1 aliphatic carbocycles. The molecule has 1 unspecified atom stereocenters. The molecule has 2 heteroatoms. The number of hydrogen-bond donors (Lipinski definition) is 1. The Balaban J connectivity index is 1.82. The van der Waals surface area contributed by atoms with Crippen LogP contribution in [0.15, 0.2) is 24.3 Å². The first-order chi connectivity index (χ1) is 9.28. The number of benzene rings is 1. The third-order valence-electron chi connectivity index (χ3n) is 3.93. The van der Waals surface area contributed by atoms with Gasteiger partial charge in [0, 0.05) is 17.0 Å². The van der Waals surface area contributed by atoms with Crippen LogP contribution in [0.5, 0.6) is 0 Å².